The Morgan fingerprint density at radius 3 is 2.91 bits per heavy atom. The van der Waals surface area contributed by atoms with E-state index in [1.165, 1.54) is 0 Å². The molecule has 60 valence electrons. The Hall–Kier alpha value is -0.760. The van der Waals surface area contributed by atoms with Crippen molar-refractivity contribution in [2.24, 2.45) is 0 Å². The van der Waals surface area contributed by atoms with Gasteiger partial charge in [-0.2, -0.15) is 0 Å². The second-order valence-electron chi connectivity index (χ2n) is 2.32. The zero-order valence-corrected chi connectivity index (χ0v) is 7.44. The van der Waals surface area contributed by atoms with Gasteiger partial charge in [-0.25, -0.2) is 4.98 Å². The number of nitrogens with one attached hydrogen (secondary N) is 1. The highest BCUT2D eigenvalue weighted by molar-refractivity contribution is 6.32. The Morgan fingerprint density at radius 2 is 2.36 bits per heavy atom. The van der Waals surface area contributed by atoms with Crippen LogP contribution in [0.15, 0.2) is 12.3 Å². The summed E-state index contributed by atoms with van der Waals surface area (Å²) in [5.74, 6) is 0. The molecule has 11 heavy (non-hydrogen) atoms. The lowest BCUT2D eigenvalue weighted by Gasteiger charge is -2.07. The lowest BCUT2D eigenvalue weighted by atomic mass is 10.2. The van der Waals surface area contributed by atoms with Crippen LogP contribution >= 0.6 is 11.6 Å². The summed E-state index contributed by atoms with van der Waals surface area (Å²) >= 11 is 5.83. The SMILES string of the molecule is CCNc1c(C)ccnc1Cl. The van der Waals surface area contributed by atoms with Crippen molar-refractivity contribution in [3.63, 3.8) is 0 Å². The smallest absolute Gasteiger partial charge is 0.152 e. The normalized spacial score (nSPS) is 9.73. The highest BCUT2D eigenvalue weighted by Gasteiger charge is 2.01. The van der Waals surface area contributed by atoms with Crippen molar-refractivity contribution in [1.82, 2.24) is 4.98 Å². The van der Waals surface area contributed by atoms with Crippen LogP contribution in [-0.2, 0) is 0 Å². The van der Waals surface area contributed by atoms with E-state index in [9.17, 15) is 0 Å². The third kappa shape index (κ3) is 1.84. The van der Waals surface area contributed by atoms with Gasteiger partial charge >= 0.3 is 0 Å². The molecule has 0 aliphatic heterocycles. The number of pyridine rings is 1. The van der Waals surface area contributed by atoms with Crippen LogP contribution in [0.4, 0.5) is 5.69 Å². The highest BCUT2D eigenvalue weighted by Crippen LogP contribution is 2.21. The molecule has 1 heterocycles. The van der Waals surface area contributed by atoms with Crippen molar-refractivity contribution in [1.29, 1.82) is 0 Å². The van der Waals surface area contributed by atoms with Crippen molar-refractivity contribution in [2.75, 3.05) is 11.9 Å². The Bertz CT molecular complexity index is 228. The molecule has 0 aliphatic rings. The first-order valence-electron chi connectivity index (χ1n) is 3.60. The zero-order valence-electron chi connectivity index (χ0n) is 6.69. The fourth-order valence-corrected chi connectivity index (χ4v) is 1.19. The van der Waals surface area contributed by atoms with Gasteiger partial charge in [0.15, 0.2) is 5.15 Å². The van der Waals surface area contributed by atoms with Crippen LogP contribution in [0.2, 0.25) is 5.15 Å². The number of anilines is 1. The van der Waals surface area contributed by atoms with Gasteiger partial charge in [0.1, 0.15) is 0 Å². The fraction of sp³-hybridized carbons (Fsp3) is 0.375. The van der Waals surface area contributed by atoms with Gasteiger partial charge in [0.25, 0.3) is 0 Å². The minimum atomic E-state index is 0.548. The second kappa shape index (κ2) is 3.58. The average Bonchev–Trinajstić information content (AvgIpc) is 1.97. The Kier molecular flexibility index (Phi) is 2.71. The molecule has 3 heteroatoms. The number of hydrogen-bond donors (Lipinski definition) is 1. The maximum absolute atomic E-state index is 5.83. The van der Waals surface area contributed by atoms with Crippen LogP contribution in [0, 0.1) is 6.92 Å². The van der Waals surface area contributed by atoms with Crippen LogP contribution in [0.25, 0.3) is 0 Å². The highest BCUT2D eigenvalue weighted by atomic mass is 35.5. The Labute approximate surface area is 71.6 Å². The molecule has 0 radical (unpaired) electrons. The molecule has 0 aliphatic carbocycles. The molecule has 0 saturated heterocycles. The number of halogens is 1. The van der Waals surface area contributed by atoms with Gasteiger partial charge in [-0.3, -0.25) is 0 Å². The summed E-state index contributed by atoms with van der Waals surface area (Å²) in [6.45, 7) is 4.90. The topological polar surface area (TPSA) is 24.9 Å². The molecule has 0 bridgehead atoms. The maximum atomic E-state index is 5.83. The number of hydrogen-bond acceptors (Lipinski definition) is 2. The van der Waals surface area contributed by atoms with Gasteiger partial charge in [-0.05, 0) is 25.5 Å². The number of nitrogens with zero attached hydrogens (tertiary/aromatic N) is 1. The lowest BCUT2D eigenvalue weighted by molar-refractivity contribution is 1.17. The predicted molar refractivity (Wildman–Crippen MR) is 48.1 cm³/mol. The maximum Gasteiger partial charge on any atom is 0.152 e. The van der Waals surface area contributed by atoms with Gasteiger partial charge in [0, 0.05) is 12.7 Å². The van der Waals surface area contributed by atoms with Gasteiger partial charge in [0.05, 0.1) is 5.69 Å². The van der Waals surface area contributed by atoms with E-state index in [2.05, 4.69) is 10.3 Å². The van der Waals surface area contributed by atoms with E-state index in [-0.39, 0.29) is 0 Å². The Morgan fingerprint density at radius 1 is 1.64 bits per heavy atom. The van der Waals surface area contributed by atoms with Crippen LogP contribution in [0.1, 0.15) is 12.5 Å². The first-order chi connectivity index (χ1) is 5.25. The minimum absolute atomic E-state index is 0.548. The molecule has 1 N–H and O–H groups in total. The van der Waals surface area contributed by atoms with Crippen molar-refractivity contribution in [2.45, 2.75) is 13.8 Å². The fourth-order valence-electron chi connectivity index (χ4n) is 0.914. The van der Waals surface area contributed by atoms with Gasteiger partial charge in [0.2, 0.25) is 0 Å². The molecule has 0 amide bonds. The zero-order chi connectivity index (χ0) is 8.27. The molecule has 0 aromatic carbocycles. The Balaban J connectivity index is 3.00. The standard InChI is InChI=1S/C8H11ClN2/c1-3-10-7-6(2)4-5-11-8(7)9/h4-5,10H,3H2,1-2H3. The molecule has 2 nitrogen and oxygen atoms in total. The summed E-state index contributed by atoms with van der Waals surface area (Å²) in [5, 5.41) is 3.70. The molecule has 0 atom stereocenters. The first kappa shape index (κ1) is 8.34. The van der Waals surface area contributed by atoms with Gasteiger partial charge < -0.3 is 5.32 Å². The molecule has 0 unspecified atom stereocenters. The van der Waals surface area contributed by atoms with Crippen LogP contribution in [-0.4, -0.2) is 11.5 Å². The second-order valence-corrected chi connectivity index (χ2v) is 2.68. The number of aryl methyl sites for hydroxylation is 1. The van der Waals surface area contributed by atoms with E-state index in [0.29, 0.717) is 5.15 Å². The molecule has 0 saturated carbocycles. The van der Waals surface area contributed by atoms with E-state index >= 15 is 0 Å². The van der Waals surface area contributed by atoms with Crippen molar-refractivity contribution < 1.29 is 0 Å². The van der Waals surface area contributed by atoms with E-state index in [4.69, 9.17) is 11.6 Å². The molecular formula is C8H11ClN2. The number of rotatable bonds is 2. The monoisotopic (exact) mass is 170 g/mol. The predicted octanol–water partition coefficient (Wildman–Crippen LogP) is 2.48. The van der Waals surface area contributed by atoms with E-state index in [1.54, 1.807) is 6.20 Å². The molecule has 0 spiro atoms. The van der Waals surface area contributed by atoms with Crippen LogP contribution < -0.4 is 5.32 Å². The van der Waals surface area contributed by atoms with E-state index in [0.717, 1.165) is 17.8 Å². The van der Waals surface area contributed by atoms with Crippen LogP contribution in [0.3, 0.4) is 0 Å². The van der Waals surface area contributed by atoms with E-state index < -0.39 is 0 Å². The molecule has 1 aromatic rings. The molecule has 1 aromatic heterocycles. The molecular weight excluding hydrogens is 160 g/mol. The summed E-state index contributed by atoms with van der Waals surface area (Å²) in [5.41, 5.74) is 2.07. The quantitative estimate of drug-likeness (QED) is 0.690. The van der Waals surface area contributed by atoms with Crippen LogP contribution in [0.5, 0.6) is 0 Å². The minimum Gasteiger partial charge on any atom is -0.383 e. The first-order valence-corrected chi connectivity index (χ1v) is 3.98. The van der Waals surface area contributed by atoms with Gasteiger partial charge in [-0.1, -0.05) is 11.6 Å². The summed E-state index contributed by atoms with van der Waals surface area (Å²) in [7, 11) is 0. The average molecular weight is 171 g/mol. The number of aromatic nitrogens is 1. The molecule has 1 rings (SSSR count). The summed E-state index contributed by atoms with van der Waals surface area (Å²) in [6, 6.07) is 1.93. The summed E-state index contributed by atoms with van der Waals surface area (Å²) in [4.78, 5) is 3.96. The van der Waals surface area contributed by atoms with E-state index in [1.807, 2.05) is 19.9 Å². The van der Waals surface area contributed by atoms with Crippen molar-refractivity contribution in [3.05, 3.63) is 23.0 Å². The summed E-state index contributed by atoms with van der Waals surface area (Å²) < 4.78 is 0. The third-order valence-corrected chi connectivity index (χ3v) is 1.75. The summed E-state index contributed by atoms with van der Waals surface area (Å²) in [6.07, 6.45) is 1.71. The third-order valence-electron chi connectivity index (χ3n) is 1.47. The largest absolute Gasteiger partial charge is 0.383 e. The van der Waals surface area contributed by atoms with Gasteiger partial charge in [-0.15, -0.1) is 0 Å². The van der Waals surface area contributed by atoms with Crippen molar-refractivity contribution in [3.8, 4) is 0 Å². The molecule has 0 fully saturated rings. The van der Waals surface area contributed by atoms with Crippen molar-refractivity contribution >= 4 is 17.3 Å². The lowest BCUT2D eigenvalue weighted by Crippen LogP contribution is -2.00.